The molecule has 0 saturated heterocycles. The number of methoxy groups -OCH3 is 1. The molecule has 0 bridgehead atoms. The van der Waals surface area contributed by atoms with Gasteiger partial charge < -0.3 is 14.8 Å². The Morgan fingerprint density at radius 3 is 2.00 bits per heavy atom. The summed E-state index contributed by atoms with van der Waals surface area (Å²) in [5, 5.41) is 2.81. The van der Waals surface area contributed by atoms with Gasteiger partial charge in [-0.25, -0.2) is 0 Å². The zero-order chi connectivity index (χ0) is 18.0. The molecular formula is C19H37NO4. The molecule has 0 unspecified atom stereocenters. The first-order valence-electron chi connectivity index (χ1n) is 9.54. The Morgan fingerprint density at radius 1 is 0.917 bits per heavy atom. The SMILES string of the molecule is CCOC(=O)[C@H](C)CNC(=O)CCCCCCCCCCCOC. The quantitative estimate of drug-likeness (QED) is 0.341. The fraction of sp³-hybridized carbons (Fsp3) is 0.895. The van der Waals surface area contributed by atoms with Crippen LogP contribution in [0.25, 0.3) is 0 Å². The maximum Gasteiger partial charge on any atom is 0.310 e. The maximum absolute atomic E-state index is 11.7. The molecular weight excluding hydrogens is 306 g/mol. The van der Waals surface area contributed by atoms with Gasteiger partial charge in [-0.2, -0.15) is 0 Å². The second-order valence-corrected chi connectivity index (χ2v) is 6.38. The second-order valence-electron chi connectivity index (χ2n) is 6.38. The summed E-state index contributed by atoms with van der Waals surface area (Å²) >= 11 is 0. The molecule has 1 N–H and O–H groups in total. The van der Waals surface area contributed by atoms with Crippen LogP contribution in [0.1, 0.15) is 78.1 Å². The number of hydrogen-bond acceptors (Lipinski definition) is 4. The molecule has 0 aromatic rings. The van der Waals surface area contributed by atoms with Gasteiger partial charge in [-0.05, 0) is 19.8 Å². The molecule has 1 amide bonds. The van der Waals surface area contributed by atoms with Crippen molar-refractivity contribution in [1.29, 1.82) is 0 Å². The van der Waals surface area contributed by atoms with E-state index in [0.717, 1.165) is 19.4 Å². The summed E-state index contributed by atoms with van der Waals surface area (Å²) in [5.41, 5.74) is 0. The number of carbonyl (C=O) groups excluding carboxylic acids is 2. The van der Waals surface area contributed by atoms with Gasteiger partial charge in [-0.1, -0.05) is 51.9 Å². The highest BCUT2D eigenvalue weighted by Crippen LogP contribution is 2.10. The summed E-state index contributed by atoms with van der Waals surface area (Å²) in [6, 6.07) is 0. The lowest BCUT2D eigenvalue weighted by molar-refractivity contribution is -0.147. The van der Waals surface area contributed by atoms with Crippen LogP contribution < -0.4 is 5.32 Å². The number of nitrogens with one attached hydrogen (secondary N) is 1. The predicted molar refractivity (Wildman–Crippen MR) is 96.9 cm³/mol. The van der Waals surface area contributed by atoms with Gasteiger partial charge in [-0.15, -0.1) is 0 Å². The smallest absolute Gasteiger partial charge is 0.310 e. The Morgan fingerprint density at radius 2 is 1.46 bits per heavy atom. The Hall–Kier alpha value is -1.10. The van der Waals surface area contributed by atoms with Crippen molar-refractivity contribution in [2.75, 3.05) is 26.9 Å². The van der Waals surface area contributed by atoms with Crippen LogP contribution in [0.2, 0.25) is 0 Å². The van der Waals surface area contributed by atoms with E-state index in [9.17, 15) is 9.59 Å². The van der Waals surface area contributed by atoms with Crippen LogP contribution in [0, 0.1) is 5.92 Å². The first-order valence-corrected chi connectivity index (χ1v) is 9.54. The highest BCUT2D eigenvalue weighted by Gasteiger charge is 2.14. The summed E-state index contributed by atoms with van der Waals surface area (Å²) < 4.78 is 9.94. The van der Waals surface area contributed by atoms with Crippen LogP contribution in [0.3, 0.4) is 0 Å². The third-order valence-corrected chi connectivity index (χ3v) is 4.05. The number of carbonyl (C=O) groups is 2. The largest absolute Gasteiger partial charge is 0.466 e. The van der Waals surface area contributed by atoms with E-state index in [4.69, 9.17) is 9.47 Å². The Labute approximate surface area is 147 Å². The van der Waals surface area contributed by atoms with E-state index in [0.29, 0.717) is 19.6 Å². The summed E-state index contributed by atoms with van der Waals surface area (Å²) in [6.45, 7) is 5.17. The summed E-state index contributed by atoms with van der Waals surface area (Å²) in [7, 11) is 1.75. The number of unbranched alkanes of at least 4 members (excludes halogenated alkanes) is 8. The molecule has 0 aliphatic carbocycles. The minimum atomic E-state index is -0.280. The molecule has 5 heteroatoms. The monoisotopic (exact) mass is 343 g/mol. The lowest BCUT2D eigenvalue weighted by atomic mass is 10.1. The highest BCUT2D eigenvalue weighted by atomic mass is 16.5. The first kappa shape index (κ1) is 22.9. The van der Waals surface area contributed by atoms with Gasteiger partial charge in [0.1, 0.15) is 0 Å². The van der Waals surface area contributed by atoms with Crippen molar-refractivity contribution >= 4 is 11.9 Å². The van der Waals surface area contributed by atoms with Gasteiger partial charge in [0.25, 0.3) is 0 Å². The third-order valence-electron chi connectivity index (χ3n) is 4.05. The number of rotatable bonds is 16. The Balaban J connectivity index is 3.36. The fourth-order valence-electron chi connectivity index (χ4n) is 2.49. The molecule has 0 aromatic heterocycles. The van der Waals surface area contributed by atoms with E-state index >= 15 is 0 Å². The van der Waals surface area contributed by atoms with E-state index in [1.165, 1.54) is 44.9 Å². The standard InChI is InChI=1S/C19H37NO4/c1-4-24-19(22)17(2)16-20-18(21)14-12-10-8-6-5-7-9-11-13-15-23-3/h17H,4-16H2,1-3H3,(H,20,21)/t17-/m1/s1. The number of ether oxygens (including phenoxy) is 2. The van der Waals surface area contributed by atoms with Gasteiger partial charge in [0.2, 0.25) is 5.91 Å². The van der Waals surface area contributed by atoms with E-state index in [2.05, 4.69) is 5.32 Å². The Kier molecular flexibility index (Phi) is 16.0. The molecule has 0 fully saturated rings. The van der Waals surface area contributed by atoms with Crippen LogP contribution in [0.4, 0.5) is 0 Å². The fourth-order valence-corrected chi connectivity index (χ4v) is 2.49. The molecule has 0 aromatic carbocycles. The normalized spacial score (nSPS) is 12.0. The van der Waals surface area contributed by atoms with Crippen molar-refractivity contribution in [3.05, 3.63) is 0 Å². The van der Waals surface area contributed by atoms with E-state index in [1.54, 1.807) is 21.0 Å². The van der Waals surface area contributed by atoms with Crippen LogP contribution in [-0.2, 0) is 19.1 Å². The Bertz CT molecular complexity index is 320. The predicted octanol–water partition coefficient (Wildman–Crippen LogP) is 3.85. The third kappa shape index (κ3) is 14.5. The van der Waals surface area contributed by atoms with E-state index in [1.807, 2.05) is 0 Å². The number of amides is 1. The van der Waals surface area contributed by atoms with Gasteiger partial charge in [-0.3, -0.25) is 9.59 Å². The van der Waals surface area contributed by atoms with Gasteiger partial charge >= 0.3 is 5.97 Å². The van der Waals surface area contributed by atoms with E-state index in [-0.39, 0.29) is 17.8 Å². The zero-order valence-electron chi connectivity index (χ0n) is 15.9. The molecule has 24 heavy (non-hydrogen) atoms. The second kappa shape index (κ2) is 16.7. The van der Waals surface area contributed by atoms with Gasteiger partial charge in [0.05, 0.1) is 12.5 Å². The zero-order valence-corrected chi connectivity index (χ0v) is 15.9. The van der Waals surface area contributed by atoms with E-state index < -0.39 is 0 Å². The maximum atomic E-state index is 11.7. The van der Waals surface area contributed by atoms with Crippen LogP contribution in [0.15, 0.2) is 0 Å². The molecule has 0 saturated carbocycles. The summed E-state index contributed by atoms with van der Waals surface area (Å²) in [6.07, 6.45) is 11.3. The average Bonchev–Trinajstić information content (AvgIpc) is 2.57. The number of hydrogen-bond donors (Lipinski definition) is 1. The van der Waals surface area contributed by atoms with Crippen molar-refractivity contribution in [1.82, 2.24) is 5.32 Å². The average molecular weight is 344 g/mol. The highest BCUT2D eigenvalue weighted by molar-refractivity contribution is 5.77. The van der Waals surface area contributed by atoms with Crippen molar-refractivity contribution in [2.24, 2.45) is 5.92 Å². The van der Waals surface area contributed by atoms with Crippen LogP contribution in [-0.4, -0.2) is 38.7 Å². The molecule has 0 spiro atoms. The molecule has 142 valence electrons. The van der Waals surface area contributed by atoms with Crippen LogP contribution in [0.5, 0.6) is 0 Å². The van der Waals surface area contributed by atoms with Gasteiger partial charge in [0.15, 0.2) is 0 Å². The molecule has 1 atom stereocenters. The van der Waals surface area contributed by atoms with Gasteiger partial charge in [0, 0.05) is 26.7 Å². The number of esters is 1. The molecule has 0 heterocycles. The molecule has 5 nitrogen and oxygen atoms in total. The lowest BCUT2D eigenvalue weighted by Crippen LogP contribution is -2.32. The summed E-state index contributed by atoms with van der Waals surface area (Å²) in [4.78, 5) is 23.1. The van der Waals surface area contributed by atoms with Crippen molar-refractivity contribution < 1.29 is 19.1 Å². The molecule has 0 radical (unpaired) electrons. The molecule has 0 rings (SSSR count). The van der Waals surface area contributed by atoms with Crippen LogP contribution >= 0.6 is 0 Å². The first-order chi connectivity index (χ1) is 11.6. The molecule has 0 aliphatic heterocycles. The summed E-state index contributed by atoms with van der Waals surface area (Å²) in [5.74, 6) is -0.498. The lowest BCUT2D eigenvalue weighted by Gasteiger charge is -2.11. The van der Waals surface area contributed by atoms with Crippen molar-refractivity contribution in [2.45, 2.75) is 78.1 Å². The minimum Gasteiger partial charge on any atom is -0.466 e. The molecule has 0 aliphatic rings. The topological polar surface area (TPSA) is 64.6 Å². The van der Waals surface area contributed by atoms with Crippen molar-refractivity contribution in [3.63, 3.8) is 0 Å². The minimum absolute atomic E-state index is 0.0318. The van der Waals surface area contributed by atoms with Crippen molar-refractivity contribution in [3.8, 4) is 0 Å².